The maximum absolute atomic E-state index is 13.3. The third-order valence-electron chi connectivity index (χ3n) is 5.24. The van der Waals surface area contributed by atoms with Crippen LogP contribution in [0, 0.1) is 12.7 Å². The number of anilines is 1. The number of amides is 1. The molecular formula is C26H22FN3O2. The molecule has 0 saturated carbocycles. The number of benzene rings is 3. The van der Waals surface area contributed by atoms with Gasteiger partial charge in [0, 0.05) is 5.56 Å². The van der Waals surface area contributed by atoms with E-state index in [4.69, 9.17) is 0 Å². The van der Waals surface area contributed by atoms with Crippen LogP contribution in [0.4, 0.5) is 10.2 Å². The van der Waals surface area contributed by atoms with Crippen molar-refractivity contribution >= 4 is 11.7 Å². The van der Waals surface area contributed by atoms with E-state index in [-0.39, 0.29) is 16.8 Å². The zero-order valence-electron chi connectivity index (χ0n) is 17.8. The fraction of sp³-hybridized carbons (Fsp3) is 0.115. The Morgan fingerprint density at radius 2 is 1.62 bits per heavy atom. The van der Waals surface area contributed by atoms with Crippen LogP contribution in [0.5, 0.6) is 0 Å². The van der Waals surface area contributed by atoms with E-state index in [2.05, 4.69) is 17.3 Å². The summed E-state index contributed by atoms with van der Waals surface area (Å²) in [6, 6.07) is 22.1. The van der Waals surface area contributed by atoms with E-state index in [9.17, 15) is 14.0 Å². The molecule has 1 amide bonds. The first-order chi connectivity index (χ1) is 15.5. The van der Waals surface area contributed by atoms with Gasteiger partial charge in [0.2, 0.25) is 5.43 Å². The fourth-order valence-electron chi connectivity index (χ4n) is 3.47. The highest BCUT2D eigenvalue weighted by molar-refractivity contribution is 6.05. The number of halogens is 1. The molecule has 1 N–H and O–H groups in total. The maximum Gasteiger partial charge on any atom is 0.256 e. The molecule has 0 aliphatic carbocycles. The molecule has 0 fully saturated rings. The summed E-state index contributed by atoms with van der Waals surface area (Å²) in [4.78, 5) is 26.2. The summed E-state index contributed by atoms with van der Waals surface area (Å²) in [5.41, 5.74) is 3.18. The second kappa shape index (κ2) is 8.98. The number of nitrogens with one attached hydrogen (secondary N) is 1. The highest BCUT2D eigenvalue weighted by Gasteiger charge is 2.20. The summed E-state index contributed by atoms with van der Waals surface area (Å²) in [6.07, 6.45) is 0.889. The van der Waals surface area contributed by atoms with Gasteiger partial charge in [-0.05, 0) is 60.9 Å². The van der Waals surface area contributed by atoms with Gasteiger partial charge in [-0.3, -0.25) is 9.59 Å². The van der Waals surface area contributed by atoms with E-state index in [0.717, 1.165) is 12.0 Å². The third kappa shape index (κ3) is 4.21. The number of hydrogen-bond acceptors (Lipinski definition) is 3. The van der Waals surface area contributed by atoms with E-state index in [1.165, 1.54) is 24.3 Å². The van der Waals surface area contributed by atoms with Crippen LogP contribution in [0.2, 0.25) is 0 Å². The monoisotopic (exact) mass is 427 g/mol. The Morgan fingerprint density at radius 3 is 2.25 bits per heavy atom. The summed E-state index contributed by atoms with van der Waals surface area (Å²) in [5, 5.41) is 7.32. The standard InChI is InChI=1S/C26H22FN3O2/c1-3-18-9-15-22(16-10-18)30-25(28-26(32)20-11-13-21(27)14-12-20)23(24(31)17(2)29-30)19-7-5-4-6-8-19/h4-16H,3H2,1-2H3,(H,28,32). The van der Waals surface area contributed by atoms with Crippen molar-refractivity contribution in [1.82, 2.24) is 9.78 Å². The molecule has 1 aromatic heterocycles. The van der Waals surface area contributed by atoms with Gasteiger partial charge in [-0.2, -0.15) is 5.10 Å². The smallest absolute Gasteiger partial charge is 0.256 e. The molecule has 0 bridgehead atoms. The lowest BCUT2D eigenvalue weighted by molar-refractivity contribution is 0.102. The van der Waals surface area contributed by atoms with Crippen molar-refractivity contribution in [2.75, 3.05) is 5.32 Å². The molecule has 0 aliphatic heterocycles. The van der Waals surface area contributed by atoms with Crippen LogP contribution in [0.15, 0.2) is 83.7 Å². The van der Waals surface area contributed by atoms with Crippen molar-refractivity contribution < 1.29 is 9.18 Å². The summed E-state index contributed by atoms with van der Waals surface area (Å²) >= 11 is 0. The zero-order chi connectivity index (χ0) is 22.7. The molecule has 0 unspecified atom stereocenters. The number of nitrogens with zero attached hydrogens (tertiary/aromatic N) is 2. The Hall–Kier alpha value is -4.06. The summed E-state index contributed by atoms with van der Waals surface area (Å²) in [6.45, 7) is 3.72. The van der Waals surface area contributed by atoms with Gasteiger partial charge in [-0.1, -0.05) is 49.4 Å². The van der Waals surface area contributed by atoms with E-state index < -0.39 is 11.7 Å². The lowest BCUT2D eigenvalue weighted by Gasteiger charge is -2.18. The van der Waals surface area contributed by atoms with Crippen LogP contribution in [0.1, 0.15) is 28.5 Å². The van der Waals surface area contributed by atoms with Crippen LogP contribution >= 0.6 is 0 Å². The Kier molecular flexibility index (Phi) is 5.94. The number of rotatable bonds is 5. The number of hydrogen-bond donors (Lipinski definition) is 1. The van der Waals surface area contributed by atoms with E-state index in [0.29, 0.717) is 22.5 Å². The van der Waals surface area contributed by atoms with Crippen molar-refractivity contribution in [1.29, 1.82) is 0 Å². The minimum atomic E-state index is -0.467. The van der Waals surface area contributed by atoms with Crippen molar-refractivity contribution in [2.45, 2.75) is 20.3 Å². The molecule has 6 heteroatoms. The van der Waals surface area contributed by atoms with Gasteiger partial charge >= 0.3 is 0 Å². The second-order valence-corrected chi connectivity index (χ2v) is 7.40. The topological polar surface area (TPSA) is 64.0 Å². The first kappa shape index (κ1) is 21.2. The quantitative estimate of drug-likeness (QED) is 0.478. The molecule has 32 heavy (non-hydrogen) atoms. The van der Waals surface area contributed by atoms with Gasteiger partial charge in [0.25, 0.3) is 5.91 Å². The van der Waals surface area contributed by atoms with Crippen molar-refractivity contribution in [2.24, 2.45) is 0 Å². The van der Waals surface area contributed by atoms with Crippen molar-refractivity contribution in [3.05, 3.63) is 112 Å². The first-order valence-corrected chi connectivity index (χ1v) is 10.3. The van der Waals surface area contributed by atoms with Crippen LogP contribution in [0.3, 0.4) is 0 Å². The van der Waals surface area contributed by atoms with Gasteiger partial charge in [0.1, 0.15) is 17.3 Å². The molecule has 3 aromatic carbocycles. The Balaban J connectivity index is 1.92. The Morgan fingerprint density at radius 1 is 0.969 bits per heavy atom. The average molecular weight is 427 g/mol. The molecule has 0 saturated heterocycles. The third-order valence-corrected chi connectivity index (χ3v) is 5.24. The lowest BCUT2D eigenvalue weighted by atomic mass is 10.0. The van der Waals surface area contributed by atoms with Crippen molar-refractivity contribution in [3.8, 4) is 16.8 Å². The summed E-state index contributed by atoms with van der Waals surface area (Å²) < 4.78 is 14.9. The molecule has 5 nitrogen and oxygen atoms in total. The predicted molar refractivity (Wildman–Crippen MR) is 124 cm³/mol. The number of carbonyl (C=O) groups is 1. The highest BCUT2D eigenvalue weighted by atomic mass is 19.1. The molecule has 0 atom stereocenters. The SMILES string of the molecule is CCc1ccc(-n2nc(C)c(=O)c(-c3ccccc3)c2NC(=O)c2ccc(F)cc2)cc1. The number of carbonyl (C=O) groups excluding carboxylic acids is 1. The largest absolute Gasteiger partial charge is 0.306 e. The first-order valence-electron chi connectivity index (χ1n) is 10.3. The molecular weight excluding hydrogens is 405 g/mol. The van der Waals surface area contributed by atoms with Gasteiger partial charge in [0.15, 0.2) is 0 Å². The summed E-state index contributed by atoms with van der Waals surface area (Å²) in [5.74, 6) is -0.645. The molecule has 0 spiro atoms. The molecule has 160 valence electrons. The molecule has 1 heterocycles. The Bertz CT molecular complexity index is 1310. The molecule has 4 rings (SSSR count). The van der Waals surface area contributed by atoms with Gasteiger partial charge in [-0.15, -0.1) is 0 Å². The van der Waals surface area contributed by atoms with E-state index in [1.807, 2.05) is 54.6 Å². The molecule has 0 radical (unpaired) electrons. The number of aromatic nitrogens is 2. The van der Waals surface area contributed by atoms with Crippen molar-refractivity contribution in [3.63, 3.8) is 0 Å². The maximum atomic E-state index is 13.3. The van der Waals surface area contributed by atoms with Crippen LogP contribution in [0.25, 0.3) is 16.8 Å². The Labute approximate surface area is 185 Å². The van der Waals surface area contributed by atoms with Crippen LogP contribution in [-0.2, 0) is 6.42 Å². The van der Waals surface area contributed by atoms with Gasteiger partial charge < -0.3 is 5.32 Å². The van der Waals surface area contributed by atoms with Gasteiger partial charge in [0.05, 0.1) is 11.3 Å². The van der Waals surface area contributed by atoms with Gasteiger partial charge in [-0.25, -0.2) is 9.07 Å². The zero-order valence-corrected chi connectivity index (χ0v) is 17.8. The van der Waals surface area contributed by atoms with E-state index >= 15 is 0 Å². The predicted octanol–water partition coefficient (Wildman–Crippen LogP) is 5.16. The summed E-state index contributed by atoms with van der Waals surface area (Å²) in [7, 11) is 0. The van der Waals surface area contributed by atoms with Crippen LogP contribution < -0.4 is 10.7 Å². The minimum absolute atomic E-state index is 0.255. The van der Waals surface area contributed by atoms with E-state index in [1.54, 1.807) is 11.6 Å². The van der Waals surface area contributed by atoms with Crippen LogP contribution in [-0.4, -0.2) is 15.7 Å². The normalized spacial score (nSPS) is 10.7. The lowest BCUT2D eigenvalue weighted by Crippen LogP contribution is -2.25. The fourth-order valence-corrected chi connectivity index (χ4v) is 3.47. The molecule has 4 aromatic rings. The number of aryl methyl sites for hydroxylation is 2. The molecule has 0 aliphatic rings. The average Bonchev–Trinajstić information content (AvgIpc) is 2.82. The second-order valence-electron chi connectivity index (χ2n) is 7.40. The highest BCUT2D eigenvalue weighted by Crippen LogP contribution is 2.27. The minimum Gasteiger partial charge on any atom is -0.306 e.